The van der Waals surface area contributed by atoms with Crippen molar-refractivity contribution in [3.05, 3.63) is 34.3 Å². The van der Waals surface area contributed by atoms with Gasteiger partial charge in [0.05, 0.1) is 0 Å². The molecule has 0 aromatic heterocycles. The third kappa shape index (κ3) is 6.29. The number of rotatable bonds is 7. The van der Waals surface area contributed by atoms with Crippen LogP contribution in [0.25, 0.3) is 0 Å². The first-order valence-corrected chi connectivity index (χ1v) is 8.06. The molecule has 0 aliphatic rings. The lowest BCUT2D eigenvalue weighted by Gasteiger charge is -2.17. The Bertz CT molecular complexity index is 491. The van der Waals surface area contributed by atoms with Gasteiger partial charge in [0.2, 0.25) is 11.8 Å². The molecule has 1 rings (SSSR count). The number of aryl methyl sites for hydroxylation is 1. The van der Waals surface area contributed by atoms with E-state index in [0.29, 0.717) is 12.8 Å². The molecular formula is C16H23BrN2O2. The Morgan fingerprint density at radius 2 is 1.86 bits per heavy atom. The molecule has 2 amide bonds. The van der Waals surface area contributed by atoms with Gasteiger partial charge in [-0.3, -0.25) is 9.59 Å². The number of hydrogen-bond donors (Lipinski definition) is 2. The van der Waals surface area contributed by atoms with Crippen molar-refractivity contribution >= 4 is 27.7 Å². The lowest BCUT2D eigenvalue weighted by molar-refractivity contribution is -0.128. The Balaban J connectivity index is 2.40. The van der Waals surface area contributed by atoms with Crippen molar-refractivity contribution in [3.8, 4) is 0 Å². The Morgan fingerprint density at radius 1 is 1.19 bits per heavy atom. The molecule has 21 heavy (non-hydrogen) atoms. The summed E-state index contributed by atoms with van der Waals surface area (Å²) >= 11 is 3.46. The lowest BCUT2D eigenvalue weighted by atomic mass is 10.1. The highest BCUT2D eigenvalue weighted by molar-refractivity contribution is 9.10. The van der Waals surface area contributed by atoms with Crippen LogP contribution in [0.5, 0.6) is 0 Å². The molecule has 0 aliphatic carbocycles. The van der Waals surface area contributed by atoms with Crippen molar-refractivity contribution in [3.63, 3.8) is 0 Å². The van der Waals surface area contributed by atoms with Crippen molar-refractivity contribution in [2.75, 3.05) is 0 Å². The number of amides is 2. The third-order valence-electron chi connectivity index (χ3n) is 3.35. The number of carbonyl (C=O) groups is 2. The standard InChI is InChI=1S/C16H23BrN2O2/c1-4-11(2)18-16(21)12(3)19-15(20)10-9-13-7-5-6-8-14(13)17/h5-8,11-12H,4,9-10H2,1-3H3,(H,18,21)(H,19,20). The smallest absolute Gasteiger partial charge is 0.242 e. The predicted molar refractivity (Wildman–Crippen MR) is 88.0 cm³/mol. The van der Waals surface area contributed by atoms with Crippen LogP contribution in [0.3, 0.4) is 0 Å². The van der Waals surface area contributed by atoms with E-state index in [4.69, 9.17) is 0 Å². The van der Waals surface area contributed by atoms with Gasteiger partial charge in [0.25, 0.3) is 0 Å². The minimum atomic E-state index is -0.509. The highest BCUT2D eigenvalue weighted by Crippen LogP contribution is 2.17. The molecule has 0 bridgehead atoms. The normalized spacial score (nSPS) is 13.3. The summed E-state index contributed by atoms with van der Waals surface area (Å²) in [6, 6.07) is 7.43. The summed E-state index contributed by atoms with van der Waals surface area (Å²) in [6.07, 6.45) is 1.88. The van der Waals surface area contributed by atoms with Gasteiger partial charge in [0.1, 0.15) is 6.04 Å². The Kier molecular flexibility index (Phi) is 7.43. The fourth-order valence-electron chi connectivity index (χ4n) is 1.80. The van der Waals surface area contributed by atoms with Gasteiger partial charge in [0, 0.05) is 16.9 Å². The number of carbonyl (C=O) groups excluding carboxylic acids is 2. The average Bonchev–Trinajstić information content (AvgIpc) is 2.46. The highest BCUT2D eigenvalue weighted by Gasteiger charge is 2.16. The van der Waals surface area contributed by atoms with E-state index in [1.54, 1.807) is 6.92 Å². The number of halogens is 1. The lowest BCUT2D eigenvalue weighted by Crippen LogP contribution is -2.47. The second-order valence-electron chi connectivity index (χ2n) is 5.20. The van der Waals surface area contributed by atoms with E-state index in [2.05, 4.69) is 26.6 Å². The quantitative estimate of drug-likeness (QED) is 0.790. The minimum Gasteiger partial charge on any atom is -0.352 e. The molecule has 0 spiro atoms. The van der Waals surface area contributed by atoms with Crippen LogP contribution in [-0.4, -0.2) is 23.9 Å². The maximum absolute atomic E-state index is 11.9. The monoisotopic (exact) mass is 354 g/mol. The first-order chi connectivity index (χ1) is 9.93. The van der Waals surface area contributed by atoms with Gasteiger partial charge in [-0.25, -0.2) is 0 Å². The fourth-order valence-corrected chi connectivity index (χ4v) is 2.28. The largest absolute Gasteiger partial charge is 0.352 e. The molecule has 5 heteroatoms. The average molecular weight is 355 g/mol. The van der Waals surface area contributed by atoms with Crippen molar-refractivity contribution < 1.29 is 9.59 Å². The van der Waals surface area contributed by atoms with Gasteiger partial charge in [0.15, 0.2) is 0 Å². The molecule has 0 radical (unpaired) electrons. The molecule has 4 nitrogen and oxygen atoms in total. The zero-order valence-electron chi connectivity index (χ0n) is 12.8. The summed E-state index contributed by atoms with van der Waals surface area (Å²) in [5, 5.41) is 5.59. The van der Waals surface area contributed by atoms with Crippen molar-refractivity contribution in [2.24, 2.45) is 0 Å². The Morgan fingerprint density at radius 3 is 2.48 bits per heavy atom. The van der Waals surface area contributed by atoms with Crippen LogP contribution < -0.4 is 10.6 Å². The summed E-state index contributed by atoms with van der Waals surface area (Å²) in [7, 11) is 0. The Hall–Kier alpha value is -1.36. The minimum absolute atomic E-state index is 0.113. The van der Waals surface area contributed by atoms with Crippen LogP contribution >= 0.6 is 15.9 Å². The van der Waals surface area contributed by atoms with Crippen LogP contribution in [0.2, 0.25) is 0 Å². The summed E-state index contributed by atoms with van der Waals surface area (Å²) in [6.45, 7) is 5.65. The van der Waals surface area contributed by atoms with Crippen LogP contribution in [0.15, 0.2) is 28.7 Å². The fraction of sp³-hybridized carbons (Fsp3) is 0.500. The molecule has 2 atom stereocenters. The predicted octanol–water partition coefficient (Wildman–Crippen LogP) is 2.80. The van der Waals surface area contributed by atoms with Gasteiger partial charge in [-0.1, -0.05) is 41.1 Å². The van der Waals surface area contributed by atoms with Gasteiger partial charge in [-0.05, 0) is 38.3 Å². The molecule has 2 N–H and O–H groups in total. The van der Waals surface area contributed by atoms with Crippen LogP contribution in [0.1, 0.15) is 39.2 Å². The second kappa shape index (κ2) is 8.82. The maximum atomic E-state index is 11.9. The molecule has 1 aromatic rings. The van der Waals surface area contributed by atoms with E-state index in [1.165, 1.54) is 0 Å². The van der Waals surface area contributed by atoms with Crippen molar-refractivity contribution in [1.29, 1.82) is 0 Å². The molecule has 1 aromatic carbocycles. The van der Waals surface area contributed by atoms with E-state index < -0.39 is 6.04 Å². The molecule has 0 fully saturated rings. The molecule has 2 unspecified atom stereocenters. The molecule has 0 aliphatic heterocycles. The zero-order chi connectivity index (χ0) is 15.8. The van der Waals surface area contributed by atoms with E-state index >= 15 is 0 Å². The van der Waals surface area contributed by atoms with E-state index in [1.807, 2.05) is 38.1 Å². The van der Waals surface area contributed by atoms with Crippen molar-refractivity contribution in [2.45, 2.75) is 52.1 Å². The number of nitrogens with one attached hydrogen (secondary N) is 2. The van der Waals surface area contributed by atoms with Crippen LogP contribution in [0, 0.1) is 0 Å². The SMILES string of the molecule is CCC(C)NC(=O)C(C)NC(=O)CCc1ccccc1Br. The Labute approximate surface area is 134 Å². The molecular weight excluding hydrogens is 332 g/mol. The van der Waals surface area contributed by atoms with E-state index in [0.717, 1.165) is 16.5 Å². The third-order valence-corrected chi connectivity index (χ3v) is 4.12. The molecule has 0 saturated heterocycles. The summed E-state index contributed by atoms with van der Waals surface area (Å²) < 4.78 is 1.00. The molecule has 0 saturated carbocycles. The van der Waals surface area contributed by atoms with Gasteiger partial charge < -0.3 is 10.6 Å². The molecule has 116 valence electrons. The zero-order valence-corrected chi connectivity index (χ0v) is 14.4. The van der Waals surface area contributed by atoms with Gasteiger partial charge >= 0.3 is 0 Å². The van der Waals surface area contributed by atoms with Gasteiger partial charge in [-0.2, -0.15) is 0 Å². The molecule has 0 heterocycles. The number of benzene rings is 1. The van der Waals surface area contributed by atoms with E-state index in [-0.39, 0.29) is 17.9 Å². The topological polar surface area (TPSA) is 58.2 Å². The highest BCUT2D eigenvalue weighted by atomic mass is 79.9. The van der Waals surface area contributed by atoms with Crippen LogP contribution in [0.4, 0.5) is 0 Å². The maximum Gasteiger partial charge on any atom is 0.242 e. The first kappa shape index (κ1) is 17.7. The first-order valence-electron chi connectivity index (χ1n) is 7.27. The van der Waals surface area contributed by atoms with E-state index in [9.17, 15) is 9.59 Å². The number of hydrogen-bond acceptors (Lipinski definition) is 2. The summed E-state index contributed by atoms with van der Waals surface area (Å²) in [4.78, 5) is 23.7. The van der Waals surface area contributed by atoms with Gasteiger partial charge in [-0.15, -0.1) is 0 Å². The summed E-state index contributed by atoms with van der Waals surface area (Å²) in [5.74, 6) is -0.254. The second-order valence-corrected chi connectivity index (χ2v) is 6.05. The summed E-state index contributed by atoms with van der Waals surface area (Å²) in [5.41, 5.74) is 1.09. The van der Waals surface area contributed by atoms with Crippen LogP contribution in [-0.2, 0) is 16.0 Å². The van der Waals surface area contributed by atoms with Crippen molar-refractivity contribution in [1.82, 2.24) is 10.6 Å².